The molecule has 0 atom stereocenters. The summed E-state index contributed by atoms with van der Waals surface area (Å²) in [5.41, 5.74) is 5.39. The second-order valence-electron chi connectivity index (χ2n) is 7.65. The van der Waals surface area contributed by atoms with Gasteiger partial charge in [0.1, 0.15) is 11.3 Å². The van der Waals surface area contributed by atoms with E-state index in [9.17, 15) is 0 Å². The average Bonchev–Trinajstić information content (AvgIpc) is 3.02. The van der Waals surface area contributed by atoms with Crippen LogP contribution in [0.3, 0.4) is 0 Å². The molecule has 0 unspecified atom stereocenters. The van der Waals surface area contributed by atoms with Crippen molar-refractivity contribution < 1.29 is 0 Å². The van der Waals surface area contributed by atoms with E-state index in [-0.39, 0.29) is 0 Å². The van der Waals surface area contributed by atoms with Crippen LogP contribution in [0.15, 0.2) is 78.9 Å². The molecule has 0 spiro atoms. The van der Waals surface area contributed by atoms with E-state index in [1.165, 1.54) is 32.4 Å². The number of fused-ring (bicyclic) bond motifs is 5. The number of nitrogens with zero attached hydrogens (tertiary/aromatic N) is 3. The Morgan fingerprint density at radius 1 is 0.690 bits per heavy atom. The van der Waals surface area contributed by atoms with Crippen LogP contribution in [0.25, 0.3) is 54.7 Å². The average molecular weight is 373 g/mol. The molecule has 0 saturated carbocycles. The second kappa shape index (κ2) is 5.89. The molecule has 6 rings (SSSR count). The minimum absolute atomic E-state index is 0.793. The first-order chi connectivity index (χ1) is 14.2. The van der Waals surface area contributed by atoms with Crippen molar-refractivity contribution in [3.8, 4) is 11.3 Å². The molecule has 0 amide bonds. The van der Waals surface area contributed by atoms with Crippen molar-refractivity contribution in [2.75, 3.05) is 0 Å². The fourth-order valence-corrected chi connectivity index (χ4v) is 4.43. The summed E-state index contributed by atoms with van der Waals surface area (Å²) in [5.74, 6) is 0.793. The Hall–Kier alpha value is -3.72. The first-order valence-electron chi connectivity index (χ1n) is 9.84. The molecule has 0 N–H and O–H groups in total. The fraction of sp³-hybridized carbons (Fsp3) is 0.0769. The Morgan fingerprint density at radius 3 is 2.10 bits per heavy atom. The first kappa shape index (κ1) is 16.3. The summed E-state index contributed by atoms with van der Waals surface area (Å²) in [7, 11) is 2.11. The van der Waals surface area contributed by atoms with E-state index in [0.717, 1.165) is 28.1 Å². The zero-order valence-corrected chi connectivity index (χ0v) is 16.3. The summed E-state index contributed by atoms with van der Waals surface area (Å²) >= 11 is 0. The summed E-state index contributed by atoms with van der Waals surface area (Å²) in [5, 5.41) is 6.10. The van der Waals surface area contributed by atoms with Crippen LogP contribution in [0.2, 0.25) is 0 Å². The van der Waals surface area contributed by atoms with Crippen LogP contribution in [0, 0.1) is 6.92 Å². The van der Waals surface area contributed by atoms with Crippen molar-refractivity contribution >= 4 is 43.5 Å². The van der Waals surface area contributed by atoms with Crippen molar-refractivity contribution in [1.82, 2.24) is 14.5 Å². The molecule has 0 radical (unpaired) electrons. The van der Waals surface area contributed by atoms with Crippen molar-refractivity contribution in [1.29, 1.82) is 0 Å². The number of rotatable bonds is 1. The Kier molecular flexibility index (Phi) is 3.30. The van der Waals surface area contributed by atoms with Gasteiger partial charge in [-0.25, -0.2) is 9.97 Å². The summed E-state index contributed by atoms with van der Waals surface area (Å²) in [6, 6.07) is 28.0. The van der Waals surface area contributed by atoms with Gasteiger partial charge in [0.25, 0.3) is 0 Å². The molecule has 138 valence electrons. The quantitative estimate of drug-likeness (QED) is 0.334. The van der Waals surface area contributed by atoms with Gasteiger partial charge in [0.05, 0.1) is 16.7 Å². The highest BCUT2D eigenvalue weighted by atomic mass is 15.0. The van der Waals surface area contributed by atoms with Crippen LogP contribution >= 0.6 is 0 Å². The largest absolute Gasteiger partial charge is 0.340 e. The van der Waals surface area contributed by atoms with Crippen molar-refractivity contribution in [2.24, 2.45) is 7.05 Å². The van der Waals surface area contributed by atoms with E-state index < -0.39 is 0 Å². The van der Waals surface area contributed by atoms with E-state index in [1.54, 1.807) is 0 Å². The van der Waals surface area contributed by atoms with Gasteiger partial charge in [0.2, 0.25) is 0 Å². The third-order valence-electron chi connectivity index (χ3n) is 5.83. The lowest BCUT2D eigenvalue weighted by atomic mass is 10.0. The van der Waals surface area contributed by atoms with Gasteiger partial charge in [-0.3, -0.25) is 0 Å². The van der Waals surface area contributed by atoms with Gasteiger partial charge >= 0.3 is 0 Å². The molecule has 3 nitrogen and oxygen atoms in total. The lowest BCUT2D eigenvalue weighted by Gasteiger charge is -2.08. The molecule has 6 aromatic rings. The van der Waals surface area contributed by atoms with E-state index in [1.807, 2.05) is 6.92 Å². The normalized spacial score (nSPS) is 11.8. The monoisotopic (exact) mass is 373 g/mol. The molecule has 3 heteroatoms. The van der Waals surface area contributed by atoms with Gasteiger partial charge in [-0.05, 0) is 46.7 Å². The Labute approximate surface area is 168 Å². The highest BCUT2D eigenvalue weighted by molar-refractivity contribution is 6.13. The summed E-state index contributed by atoms with van der Waals surface area (Å²) in [6.45, 7) is 1.98. The van der Waals surface area contributed by atoms with E-state index in [0.29, 0.717) is 0 Å². The maximum absolute atomic E-state index is 4.87. The SMILES string of the molecule is Cc1nc(-c2ccc3ccccc3c2)c2c(n1)c1cc3ccccc3cc1n2C. The summed E-state index contributed by atoms with van der Waals surface area (Å²) in [6.07, 6.45) is 0. The number of hydrogen-bond donors (Lipinski definition) is 0. The summed E-state index contributed by atoms with van der Waals surface area (Å²) in [4.78, 5) is 9.72. The Bertz CT molecular complexity index is 1570. The third kappa shape index (κ3) is 2.37. The zero-order valence-electron chi connectivity index (χ0n) is 16.3. The Morgan fingerprint density at radius 2 is 1.34 bits per heavy atom. The van der Waals surface area contributed by atoms with E-state index in [2.05, 4.69) is 90.5 Å². The molecule has 29 heavy (non-hydrogen) atoms. The molecular weight excluding hydrogens is 354 g/mol. The van der Waals surface area contributed by atoms with Crippen LogP contribution < -0.4 is 0 Å². The van der Waals surface area contributed by atoms with Crippen molar-refractivity contribution in [2.45, 2.75) is 6.92 Å². The van der Waals surface area contributed by atoms with E-state index >= 15 is 0 Å². The number of hydrogen-bond acceptors (Lipinski definition) is 2. The van der Waals surface area contributed by atoms with Gasteiger partial charge in [-0.15, -0.1) is 0 Å². The number of benzene rings is 4. The van der Waals surface area contributed by atoms with Crippen molar-refractivity contribution in [3.63, 3.8) is 0 Å². The van der Waals surface area contributed by atoms with Gasteiger partial charge in [-0.1, -0.05) is 60.7 Å². The molecule has 0 fully saturated rings. The number of aromatic nitrogens is 3. The molecule has 4 aromatic carbocycles. The predicted molar refractivity (Wildman–Crippen MR) is 121 cm³/mol. The second-order valence-corrected chi connectivity index (χ2v) is 7.65. The molecule has 0 aliphatic heterocycles. The lowest BCUT2D eigenvalue weighted by Crippen LogP contribution is -1.97. The highest BCUT2D eigenvalue weighted by Gasteiger charge is 2.17. The maximum atomic E-state index is 4.87. The van der Waals surface area contributed by atoms with Crippen LogP contribution in [-0.2, 0) is 7.05 Å². The number of aryl methyl sites for hydroxylation is 2. The van der Waals surface area contributed by atoms with Crippen LogP contribution in [0.1, 0.15) is 5.82 Å². The zero-order chi connectivity index (χ0) is 19.5. The molecular formula is C26H19N3. The van der Waals surface area contributed by atoms with Gasteiger partial charge < -0.3 is 4.57 Å². The maximum Gasteiger partial charge on any atom is 0.126 e. The van der Waals surface area contributed by atoms with Gasteiger partial charge in [0.15, 0.2) is 0 Å². The first-order valence-corrected chi connectivity index (χ1v) is 9.84. The molecule has 0 aliphatic carbocycles. The van der Waals surface area contributed by atoms with Crippen LogP contribution in [0.4, 0.5) is 0 Å². The predicted octanol–water partition coefficient (Wildman–Crippen LogP) is 6.40. The molecule has 2 aromatic heterocycles. The molecule has 2 heterocycles. The van der Waals surface area contributed by atoms with Crippen molar-refractivity contribution in [3.05, 3.63) is 84.7 Å². The van der Waals surface area contributed by atoms with Crippen LogP contribution in [-0.4, -0.2) is 14.5 Å². The van der Waals surface area contributed by atoms with Gasteiger partial charge in [-0.2, -0.15) is 0 Å². The molecule has 0 bridgehead atoms. The van der Waals surface area contributed by atoms with Crippen LogP contribution in [0.5, 0.6) is 0 Å². The topological polar surface area (TPSA) is 30.7 Å². The molecule has 0 aliphatic rings. The highest BCUT2D eigenvalue weighted by Crippen LogP contribution is 2.36. The van der Waals surface area contributed by atoms with Gasteiger partial charge in [0, 0.05) is 18.0 Å². The minimum atomic E-state index is 0.793. The lowest BCUT2D eigenvalue weighted by molar-refractivity contribution is 0.997. The fourth-order valence-electron chi connectivity index (χ4n) is 4.43. The van der Waals surface area contributed by atoms with E-state index in [4.69, 9.17) is 9.97 Å². The third-order valence-corrected chi connectivity index (χ3v) is 5.83. The minimum Gasteiger partial charge on any atom is -0.340 e. The molecule has 0 saturated heterocycles. The summed E-state index contributed by atoms with van der Waals surface area (Å²) < 4.78 is 2.24. The Balaban J connectivity index is 1.74. The standard InChI is InChI=1S/C26H19N3/c1-16-27-24(21-12-11-17-7-3-4-8-18(17)13-21)26-25(28-16)22-14-19-9-5-6-10-20(19)15-23(22)29(26)2/h3-15H,1-2H3. The smallest absolute Gasteiger partial charge is 0.126 e.